The number of aliphatic hydroxyl groups excluding tert-OH is 1. The summed E-state index contributed by atoms with van der Waals surface area (Å²) in [5.41, 5.74) is 14.3. The number of fused-ring (bicyclic) bond motifs is 1. The maximum absolute atomic E-state index is 12.4. The minimum Gasteiger partial charge on any atom is -0.504 e. The normalized spacial score (nSPS) is 16.7. The fourth-order valence-electron chi connectivity index (χ4n) is 6.13. The number of aliphatic hydroxyl groups is 1. The number of nitrogens with zero attached hydrogens (tertiary/aromatic N) is 1. The smallest absolute Gasteiger partial charge is 0.227 e. The van der Waals surface area contributed by atoms with Gasteiger partial charge in [0.1, 0.15) is 24.2 Å². The Morgan fingerprint density at radius 1 is 1.02 bits per heavy atom. The van der Waals surface area contributed by atoms with Crippen molar-refractivity contribution in [1.82, 2.24) is 5.32 Å². The summed E-state index contributed by atoms with van der Waals surface area (Å²) in [5.74, 6) is 0.531. The number of phenols is 1. The van der Waals surface area contributed by atoms with Gasteiger partial charge in [-0.1, -0.05) is 86.8 Å². The van der Waals surface area contributed by atoms with Gasteiger partial charge in [0, 0.05) is 25.6 Å². The number of carbonyl (C=O) groups is 1. The number of aliphatic imine (C=N–C) groups is 1. The summed E-state index contributed by atoms with van der Waals surface area (Å²) in [4.78, 5) is 18.2. The first-order chi connectivity index (χ1) is 22.9. The van der Waals surface area contributed by atoms with Gasteiger partial charge in [-0.2, -0.15) is 0 Å². The molecule has 8 heteroatoms. The van der Waals surface area contributed by atoms with Crippen LogP contribution in [0.5, 0.6) is 11.5 Å². The lowest BCUT2D eigenvalue weighted by atomic mass is 9.97. The topological polar surface area (TPSA) is 122 Å². The third-order valence-electron chi connectivity index (χ3n) is 8.84. The predicted molar refractivity (Wildman–Crippen MR) is 186 cm³/mol. The number of unbranched alkanes of at least 4 members (excludes halogenated alkanes) is 2. The lowest BCUT2D eigenvalue weighted by Crippen LogP contribution is -3.07. The highest BCUT2D eigenvalue weighted by Crippen LogP contribution is 2.28. The Morgan fingerprint density at radius 3 is 2.68 bits per heavy atom. The first-order valence-electron chi connectivity index (χ1n) is 17.0. The molecule has 6 N–H and O–H groups in total. The van der Waals surface area contributed by atoms with Gasteiger partial charge in [0.25, 0.3) is 0 Å². The summed E-state index contributed by atoms with van der Waals surface area (Å²) in [6.45, 7) is 3.98. The van der Waals surface area contributed by atoms with E-state index in [-0.39, 0.29) is 24.1 Å². The van der Waals surface area contributed by atoms with Gasteiger partial charge in [-0.05, 0) is 65.6 Å². The summed E-state index contributed by atoms with van der Waals surface area (Å²) in [7, 11) is 0. The molecule has 0 saturated heterocycles. The van der Waals surface area contributed by atoms with Crippen LogP contribution in [0.2, 0.25) is 0 Å². The predicted octanol–water partition coefficient (Wildman–Crippen LogP) is 4.71. The maximum Gasteiger partial charge on any atom is 0.227 e. The molecule has 0 spiro atoms. The van der Waals surface area contributed by atoms with Gasteiger partial charge in [-0.3, -0.25) is 20.0 Å². The number of ether oxygens (including phenoxy) is 1. The number of carbonyl (C=O) groups excluding carboxylic acids is 1. The molecule has 2 aliphatic rings. The van der Waals surface area contributed by atoms with Crippen molar-refractivity contribution < 1.29 is 24.6 Å². The quantitative estimate of drug-likeness (QED) is 0.0959. The lowest BCUT2D eigenvalue weighted by molar-refractivity contribution is -0.851. The number of ketones is 1. The zero-order chi connectivity index (χ0) is 33.0. The molecule has 3 aromatic carbocycles. The molecular formula is C39H49N4O4+. The molecule has 3 unspecified atom stereocenters. The second kappa shape index (κ2) is 17.2. The lowest BCUT2D eigenvalue weighted by Gasteiger charge is -2.15. The number of hydrogen-bond acceptors (Lipinski definition) is 7. The van der Waals surface area contributed by atoms with Crippen LogP contribution in [0.3, 0.4) is 0 Å². The van der Waals surface area contributed by atoms with E-state index >= 15 is 0 Å². The maximum atomic E-state index is 12.4. The van der Waals surface area contributed by atoms with Gasteiger partial charge in [0.05, 0.1) is 17.8 Å². The summed E-state index contributed by atoms with van der Waals surface area (Å²) in [6.07, 6.45) is 9.87. The Morgan fingerprint density at radius 2 is 1.85 bits per heavy atom. The van der Waals surface area contributed by atoms with Crippen molar-refractivity contribution in [3.8, 4) is 11.5 Å². The number of rotatable bonds is 19. The number of nitrogens with two attached hydrogens (primary N) is 1. The fraction of sp³-hybridized carbons (Fsp3) is 0.385. The number of allylic oxidation sites excluding steroid dienone is 1. The van der Waals surface area contributed by atoms with Crippen molar-refractivity contribution in [2.24, 2.45) is 10.7 Å². The van der Waals surface area contributed by atoms with Crippen molar-refractivity contribution in [1.29, 1.82) is 0 Å². The molecule has 5 rings (SSSR count). The van der Waals surface area contributed by atoms with E-state index in [1.807, 2.05) is 18.3 Å². The first-order valence-corrected chi connectivity index (χ1v) is 17.0. The van der Waals surface area contributed by atoms with Crippen molar-refractivity contribution in [3.05, 3.63) is 119 Å². The van der Waals surface area contributed by atoms with E-state index in [2.05, 4.69) is 67.0 Å². The van der Waals surface area contributed by atoms with Crippen LogP contribution in [-0.2, 0) is 24.1 Å². The van der Waals surface area contributed by atoms with Gasteiger partial charge >= 0.3 is 0 Å². The molecule has 3 aromatic rings. The number of quaternary nitrogens is 1. The van der Waals surface area contributed by atoms with Gasteiger partial charge in [-0.25, -0.2) is 0 Å². The fourth-order valence-corrected chi connectivity index (χ4v) is 6.13. The van der Waals surface area contributed by atoms with Gasteiger partial charge in [0.2, 0.25) is 6.73 Å². The van der Waals surface area contributed by atoms with Gasteiger partial charge in [0.15, 0.2) is 11.5 Å². The van der Waals surface area contributed by atoms with E-state index in [1.165, 1.54) is 16.7 Å². The standard InChI is InChI=1S/C39H48N4O4/c1-2-3-5-13-33(44)23-34(45)16-14-29-15-17-37(46)38(22-29)47-27-43-25-35-32(24-42-36(35)26-43)21-30-11-8-12-31(20-30)39(40)41-19-18-28-9-6-4-7-10-28/h4,6-12,15,17,20,22,24-25,33,39,41,44,46H,2-3,5,13-14,16,18-19,21,23,26-27,40H2,1H3/p+1. The minimum atomic E-state index is -0.564. The van der Waals surface area contributed by atoms with Crippen molar-refractivity contribution >= 4 is 11.5 Å². The molecule has 47 heavy (non-hydrogen) atoms. The number of Topliss-reactive ketones (excluding diaryl/α,β-unsaturated/α-hetero) is 1. The molecule has 2 aliphatic heterocycles. The van der Waals surface area contributed by atoms with Crippen LogP contribution >= 0.6 is 0 Å². The molecule has 8 nitrogen and oxygen atoms in total. The highest BCUT2D eigenvalue weighted by atomic mass is 16.5. The zero-order valence-electron chi connectivity index (χ0n) is 27.5. The second-order valence-electron chi connectivity index (χ2n) is 12.7. The second-order valence-corrected chi connectivity index (χ2v) is 12.7. The van der Waals surface area contributed by atoms with E-state index < -0.39 is 6.10 Å². The Bertz CT molecular complexity index is 1580. The average Bonchev–Trinajstić information content (AvgIpc) is 3.65. The van der Waals surface area contributed by atoms with Crippen LogP contribution in [0.25, 0.3) is 0 Å². The Balaban J connectivity index is 1.09. The highest BCUT2D eigenvalue weighted by Gasteiger charge is 2.30. The van der Waals surface area contributed by atoms with Crippen LogP contribution in [0.4, 0.5) is 0 Å². The summed E-state index contributed by atoms with van der Waals surface area (Å²) < 4.78 is 6.06. The molecular weight excluding hydrogens is 588 g/mol. The van der Waals surface area contributed by atoms with E-state index in [0.717, 1.165) is 66.0 Å². The summed E-state index contributed by atoms with van der Waals surface area (Å²) in [5, 5.41) is 24.0. The van der Waals surface area contributed by atoms with Crippen LogP contribution in [0.1, 0.15) is 73.9 Å². The third kappa shape index (κ3) is 10.2. The molecule has 0 aliphatic carbocycles. The van der Waals surface area contributed by atoms with Crippen LogP contribution in [-0.4, -0.2) is 47.6 Å². The number of nitrogens with one attached hydrogen (secondary N) is 2. The molecule has 2 heterocycles. The van der Waals surface area contributed by atoms with E-state index in [9.17, 15) is 15.0 Å². The Labute approximate surface area is 278 Å². The molecule has 0 fully saturated rings. The number of benzene rings is 3. The summed E-state index contributed by atoms with van der Waals surface area (Å²) in [6, 6.07) is 24.1. The number of hydrogen-bond donors (Lipinski definition) is 5. The van der Waals surface area contributed by atoms with Gasteiger partial charge in [-0.15, -0.1) is 0 Å². The van der Waals surface area contributed by atoms with Crippen molar-refractivity contribution in [2.75, 3.05) is 19.8 Å². The third-order valence-corrected chi connectivity index (χ3v) is 8.84. The summed E-state index contributed by atoms with van der Waals surface area (Å²) >= 11 is 0. The van der Waals surface area contributed by atoms with Crippen LogP contribution in [0.15, 0.2) is 101 Å². The number of phenolic OH excluding ortho intramolecular Hbond substituents is 1. The first kappa shape index (κ1) is 34.3. The van der Waals surface area contributed by atoms with Crippen LogP contribution in [0, 0.1) is 0 Å². The number of aromatic hydroxyl groups is 1. The highest BCUT2D eigenvalue weighted by molar-refractivity contribution is 6.08. The number of aryl methyl sites for hydroxylation is 1. The molecule has 0 amide bonds. The Hall–Kier alpha value is -4.08. The monoisotopic (exact) mass is 637 g/mol. The Kier molecular flexibility index (Phi) is 12.5. The average molecular weight is 638 g/mol. The minimum absolute atomic E-state index is 0.0546. The van der Waals surface area contributed by atoms with E-state index in [4.69, 9.17) is 15.5 Å². The van der Waals surface area contributed by atoms with Gasteiger partial charge < -0.3 is 20.7 Å². The molecule has 0 bridgehead atoms. The SMILES string of the molecule is CCCCCC(O)CC(=O)CCc1ccc(O)c(OC[NH+]2C=C3C(Cc4cccc(C(N)NCCc5ccccc5)c4)=CN=C3C2)c1. The van der Waals surface area contributed by atoms with E-state index in [1.54, 1.807) is 12.1 Å². The largest absolute Gasteiger partial charge is 0.504 e. The van der Waals surface area contributed by atoms with E-state index in [0.29, 0.717) is 38.3 Å². The zero-order valence-corrected chi connectivity index (χ0v) is 27.5. The van der Waals surface area contributed by atoms with Crippen molar-refractivity contribution in [2.45, 2.75) is 77.0 Å². The van der Waals surface area contributed by atoms with Crippen molar-refractivity contribution in [3.63, 3.8) is 0 Å². The molecule has 0 radical (unpaired) electrons. The molecule has 0 saturated carbocycles. The molecule has 3 atom stereocenters. The molecule has 0 aromatic heterocycles. The molecule has 248 valence electrons. The van der Waals surface area contributed by atoms with Crippen LogP contribution < -0.4 is 20.7 Å².